The molecule has 0 fully saturated rings. The molecule has 0 aliphatic heterocycles. The van der Waals surface area contributed by atoms with Gasteiger partial charge in [-0.1, -0.05) is 0 Å². The zero-order valence-corrected chi connectivity index (χ0v) is 8.60. The molecule has 0 saturated carbocycles. The number of aromatic amines is 1. The van der Waals surface area contributed by atoms with E-state index in [4.69, 9.17) is 12.2 Å². The summed E-state index contributed by atoms with van der Waals surface area (Å²) >= 11 is 4.84. The molecule has 1 rings (SSSR count). The molecule has 15 heavy (non-hydrogen) atoms. The monoisotopic (exact) mass is 236 g/mol. The molecule has 7 heteroatoms. The van der Waals surface area contributed by atoms with Crippen molar-refractivity contribution in [1.82, 2.24) is 9.55 Å². The lowest BCUT2D eigenvalue weighted by Gasteiger charge is -2.06. The summed E-state index contributed by atoms with van der Waals surface area (Å²) in [7, 11) is 0. The van der Waals surface area contributed by atoms with E-state index in [9.17, 15) is 13.6 Å². The van der Waals surface area contributed by atoms with Gasteiger partial charge in [0.15, 0.2) is 4.77 Å². The second-order valence-corrected chi connectivity index (χ2v) is 3.16. The van der Waals surface area contributed by atoms with Crippen molar-refractivity contribution in [1.29, 1.82) is 0 Å². The van der Waals surface area contributed by atoms with E-state index in [0.717, 1.165) is 0 Å². The molecule has 0 bridgehead atoms. The highest BCUT2D eigenvalue weighted by Gasteiger charge is 2.01. The second kappa shape index (κ2) is 5.72. The number of nitrogens with one attached hydrogen (secondary N) is 1. The van der Waals surface area contributed by atoms with Gasteiger partial charge in [0.05, 0.1) is 6.61 Å². The summed E-state index contributed by atoms with van der Waals surface area (Å²) in [5.41, 5.74) is -0.287. The van der Waals surface area contributed by atoms with Gasteiger partial charge in [0.25, 0.3) is 12.0 Å². The standard InChI is InChI=1S/C8H10F2N2O2S/c9-6(10)5-14-4-3-12-2-1-7(13)11-8(12)15/h1-2,6H,3-5H2,(H,11,13,15). The fraction of sp³-hybridized carbons (Fsp3) is 0.500. The first-order valence-corrected chi connectivity index (χ1v) is 4.66. The van der Waals surface area contributed by atoms with E-state index >= 15 is 0 Å². The Kier molecular flexibility index (Phi) is 4.57. The molecule has 1 N–H and O–H groups in total. The van der Waals surface area contributed by atoms with Crippen LogP contribution in [-0.2, 0) is 11.3 Å². The van der Waals surface area contributed by atoms with Crippen molar-refractivity contribution in [2.45, 2.75) is 13.0 Å². The lowest BCUT2D eigenvalue weighted by atomic mass is 10.6. The minimum Gasteiger partial charge on any atom is -0.374 e. The van der Waals surface area contributed by atoms with Crippen LogP contribution in [0.25, 0.3) is 0 Å². The molecule has 0 aromatic carbocycles. The Bertz CT molecular complexity index is 416. The lowest BCUT2D eigenvalue weighted by molar-refractivity contribution is 0.0146. The number of halogens is 2. The second-order valence-electron chi connectivity index (χ2n) is 2.77. The molecular formula is C8H10F2N2O2S. The Hall–Kier alpha value is -1.08. The molecule has 1 aromatic heterocycles. The van der Waals surface area contributed by atoms with E-state index < -0.39 is 13.0 Å². The number of nitrogens with zero attached hydrogens (tertiary/aromatic N) is 1. The first-order valence-electron chi connectivity index (χ1n) is 4.25. The van der Waals surface area contributed by atoms with Gasteiger partial charge in [-0.25, -0.2) is 8.78 Å². The molecule has 0 radical (unpaired) electrons. The van der Waals surface area contributed by atoms with Crippen LogP contribution in [0.5, 0.6) is 0 Å². The largest absolute Gasteiger partial charge is 0.374 e. The summed E-state index contributed by atoms with van der Waals surface area (Å²) in [5, 5.41) is 0. The maximum Gasteiger partial charge on any atom is 0.261 e. The number of ether oxygens (including phenoxy) is 1. The molecule has 0 aliphatic rings. The van der Waals surface area contributed by atoms with Gasteiger partial charge in [0, 0.05) is 18.8 Å². The average Bonchev–Trinajstić information content (AvgIpc) is 2.14. The maximum absolute atomic E-state index is 11.7. The van der Waals surface area contributed by atoms with Crippen LogP contribution in [0.3, 0.4) is 0 Å². The maximum atomic E-state index is 11.7. The van der Waals surface area contributed by atoms with Crippen LogP contribution in [0, 0.1) is 4.77 Å². The van der Waals surface area contributed by atoms with Gasteiger partial charge >= 0.3 is 0 Å². The predicted molar refractivity (Wildman–Crippen MR) is 52.7 cm³/mol. The van der Waals surface area contributed by atoms with Crippen LogP contribution in [-0.4, -0.2) is 29.2 Å². The van der Waals surface area contributed by atoms with Gasteiger partial charge < -0.3 is 9.30 Å². The summed E-state index contributed by atoms with van der Waals surface area (Å²) in [6.07, 6.45) is -0.971. The molecule has 0 aliphatic carbocycles. The van der Waals surface area contributed by atoms with E-state index in [-0.39, 0.29) is 16.9 Å². The van der Waals surface area contributed by atoms with Crippen LogP contribution in [0.4, 0.5) is 8.78 Å². The molecule has 0 amide bonds. The number of hydrogen-bond donors (Lipinski definition) is 1. The zero-order chi connectivity index (χ0) is 11.3. The highest BCUT2D eigenvalue weighted by atomic mass is 32.1. The summed E-state index contributed by atoms with van der Waals surface area (Å²) in [6, 6.07) is 1.31. The topological polar surface area (TPSA) is 47.0 Å². The van der Waals surface area contributed by atoms with Crippen molar-refractivity contribution >= 4 is 12.2 Å². The van der Waals surface area contributed by atoms with E-state index in [1.807, 2.05) is 0 Å². The van der Waals surface area contributed by atoms with Crippen molar-refractivity contribution < 1.29 is 13.5 Å². The molecule has 84 valence electrons. The number of rotatable bonds is 5. The van der Waals surface area contributed by atoms with Crippen LogP contribution in [0.1, 0.15) is 0 Å². The summed E-state index contributed by atoms with van der Waals surface area (Å²) < 4.78 is 29.9. The average molecular weight is 236 g/mol. The van der Waals surface area contributed by atoms with E-state index in [2.05, 4.69) is 9.72 Å². The van der Waals surface area contributed by atoms with Crippen LogP contribution in [0.2, 0.25) is 0 Å². The van der Waals surface area contributed by atoms with Gasteiger partial charge in [0.2, 0.25) is 0 Å². The Labute approximate surface area is 89.5 Å². The molecule has 0 spiro atoms. The molecule has 1 heterocycles. The summed E-state index contributed by atoms with van der Waals surface area (Å²) in [5.74, 6) is 0. The number of aromatic nitrogens is 2. The highest BCUT2D eigenvalue weighted by Crippen LogP contribution is 1.93. The molecule has 4 nitrogen and oxygen atoms in total. The first kappa shape index (κ1) is 12.0. The van der Waals surface area contributed by atoms with E-state index in [0.29, 0.717) is 6.54 Å². The van der Waals surface area contributed by atoms with Crippen molar-refractivity contribution in [2.24, 2.45) is 0 Å². The first-order chi connectivity index (χ1) is 7.09. The zero-order valence-electron chi connectivity index (χ0n) is 7.78. The minimum atomic E-state index is -2.46. The van der Waals surface area contributed by atoms with Crippen LogP contribution >= 0.6 is 12.2 Å². The third-order valence-electron chi connectivity index (χ3n) is 1.62. The summed E-state index contributed by atoms with van der Waals surface area (Å²) in [6.45, 7) is -0.121. The van der Waals surface area contributed by atoms with Crippen molar-refractivity contribution in [3.05, 3.63) is 27.4 Å². The molecule has 0 unspecified atom stereocenters. The molecule has 0 saturated heterocycles. The Morgan fingerprint density at radius 1 is 1.60 bits per heavy atom. The van der Waals surface area contributed by atoms with Crippen molar-refractivity contribution in [2.75, 3.05) is 13.2 Å². The molecule has 0 atom stereocenters. The third kappa shape index (κ3) is 4.30. The smallest absolute Gasteiger partial charge is 0.261 e. The fourth-order valence-electron chi connectivity index (χ4n) is 0.956. The van der Waals surface area contributed by atoms with Gasteiger partial charge in [-0.05, 0) is 12.2 Å². The Morgan fingerprint density at radius 2 is 2.33 bits per heavy atom. The summed E-state index contributed by atoms with van der Waals surface area (Å²) in [4.78, 5) is 13.2. The van der Waals surface area contributed by atoms with Gasteiger partial charge in [-0.3, -0.25) is 9.78 Å². The number of hydrogen-bond acceptors (Lipinski definition) is 3. The fourth-order valence-corrected chi connectivity index (χ4v) is 1.21. The van der Waals surface area contributed by atoms with Crippen LogP contribution < -0.4 is 5.56 Å². The van der Waals surface area contributed by atoms with E-state index in [1.54, 1.807) is 4.57 Å². The van der Waals surface area contributed by atoms with Crippen molar-refractivity contribution in [3.8, 4) is 0 Å². The van der Waals surface area contributed by atoms with Gasteiger partial charge in [0.1, 0.15) is 6.61 Å². The van der Waals surface area contributed by atoms with Crippen molar-refractivity contribution in [3.63, 3.8) is 0 Å². The molecule has 1 aromatic rings. The molecular weight excluding hydrogens is 226 g/mol. The predicted octanol–water partition coefficient (Wildman–Crippen LogP) is 1.19. The lowest BCUT2D eigenvalue weighted by Crippen LogP contribution is -2.15. The van der Waals surface area contributed by atoms with Gasteiger partial charge in [-0.2, -0.15) is 0 Å². The normalized spacial score (nSPS) is 10.9. The highest BCUT2D eigenvalue weighted by molar-refractivity contribution is 7.71. The Balaban J connectivity index is 2.45. The van der Waals surface area contributed by atoms with Gasteiger partial charge in [-0.15, -0.1) is 0 Å². The Morgan fingerprint density at radius 3 is 2.93 bits per heavy atom. The SMILES string of the molecule is O=c1ccn(CCOCC(F)F)c(=S)[nH]1. The minimum absolute atomic E-state index is 0.130. The van der Waals surface area contributed by atoms with E-state index in [1.165, 1.54) is 12.3 Å². The third-order valence-corrected chi connectivity index (χ3v) is 1.95. The number of alkyl halides is 2. The quantitative estimate of drug-likeness (QED) is 0.617. The van der Waals surface area contributed by atoms with Crippen LogP contribution in [0.15, 0.2) is 17.1 Å². The number of H-pyrrole nitrogens is 1.